The molecular formula is C26H25BrN2O5S2. The number of hydrogen-bond acceptors (Lipinski definition) is 8. The van der Waals surface area contributed by atoms with Crippen LogP contribution in [0.5, 0.6) is 23.0 Å². The number of thiazole rings is 1. The minimum absolute atomic E-state index is 0.0829. The minimum Gasteiger partial charge on any atom is -0.496 e. The molecular weight excluding hydrogens is 564 g/mol. The van der Waals surface area contributed by atoms with Crippen molar-refractivity contribution in [2.24, 2.45) is 0 Å². The summed E-state index contributed by atoms with van der Waals surface area (Å²) in [6.07, 6.45) is 0. The van der Waals surface area contributed by atoms with Crippen LogP contribution in [-0.4, -0.2) is 45.1 Å². The number of halogens is 1. The highest BCUT2D eigenvalue weighted by molar-refractivity contribution is 9.10. The molecule has 0 saturated heterocycles. The van der Waals surface area contributed by atoms with E-state index in [1.165, 1.54) is 11.8 Å². The standard InChI is InChI=1S/C26H25BrN2O5S2/c1-31-20-10-9-16(11-18(20)27)14-29(17-12-21(32-2)25(34-4)22(13-17)33-3)24(30)15-35-26-28-19-7-5-6-8-23(19)36-26/h5-13H,14-15H2,1-4H3. The van der Waals surface area contributed by atoms with Crippen LogP contribution in [0.2, 0.25) is 0 Å². The van der Waals surface area contributed by atoms with Crippen molar-refractivity contribution in [3.8, 4) is 23.0 Å². The van der Waals surface area contributed by atoms with Gasteiger partial charge in [0.2, 0.25) is 11.7 Å². The molecule has 7 nitrogen and oxygen atoms in total. The Balaban J connectivity index is 1.66. The van der Waals surface area contributed by atoms with Gasteiger partial charge in [0.25, 0.3) is 0 Å². The minimum atomic E-state index is -0.0829. The molecule has 10 heteroatoms. The molecule has 0 atom stereocenters. The molecule has 0 saturated carbocycles. The van der Waals surface area contributed by atoms with Gasteiger partial charge in [-0.3, -0.25) is 4.79 Å². The van der Waals surface area contributed by atoms with Gasteiger partial charge in [0.1, 0.15) is 5.75 Å². The second-order valence-electron chi connectivity index (χ2n) is 7.57. The smallest absolute Gasteiger partial charge is 0.237 e. The number of rotatable bonds is 10. The second kappa shape index (κ2) is 11.9. The fraction of sp³-hybridized carbons (Fsp3) is 0.231. The summed E-state index contributed by atoms with van der Waals surface area (Å²) in [7, 11) is 6.27. The van der Waals surface area contributed by atoms with Crippen LogP contribution in [0.1, 0.15) is 5.56 Å². The van der Waals surface area contributed by atoms with Gasteiger partial charge in [-0.05, 0) is 45.8 Å². The van der Waals surface area contributed by atoms with Crippen LogP contribution in [-0.2, 0) is 11.3 Å². The first-order valence-electron chi connectivity index (χ1n) is 10.9. The van der Waals surface area contributed by atoms with Gasteiger partial charge in [-0.25, -0.2) is 4.98 Å². The van der Waals surface area contributed by atoms with Gasteiger partial charge in [0.05, 0.1) is 61.1 Å². The summed E-state index contributed by atoms with van der Waals surface area (Å²) in [6.45, 7) is 0.334. The van der Waals surface area contributed by atoms with Gasteiger partial charge in [0.15, 0.2) is 15.8 Å². The van der Waals surface area contributed by atoms with Gasteiger partial charge >= 0.3 is 0 Å². The van der Waals surface area contributed by atoms with Crippen molar-refractivity contribution in [1.82, 2.24) is 4.98 Å². The molecule has 1 aromatic heterocycles. The number of benzene rings is 3. The molecule has 1 heterocycles. The highest BCUT2D eigenvalue weighted by Gasteiger charge is 2.22. The summed E-state index contributed by atoms with van der Waals surface area (Å²) < 4.78 is 24.6. The van der Waals surface area contributed by atoms with E-state index in [1.807, 2.05) is 42.5 Å². The molecule has 0 radical (unpaired) electrons. The number of carbonyl (C=O) groups excluding carboxylic acids is 1. The molecule has 0 fully saturated rings. The lowest BCUT2D eigenvalue weighted by Crippen LogP contribution is -2.32. The Labute approximate surface area is 226 Å². The lowest BCUT2D eigenvalue weighted by molar-refractivity contribution is -0.116. The molecule has 4 rings (SSSR count). The lowest BCUT2D eigenvalue weighted by atomic mass is 10.1. The fourth-order valence-corrected chi connectivity index (χ4v) is 6.18. The van der Waals surface area contributed by atoms with Gasteiger partial charge in [-0.1, -0.05) is 30.0 Å². The normalized spacial score (nSPS) is 10.8. The zero-order chi connectivity index (χ0) is 25.7. The first-order valence-corrected chi connectivity index (χ1v) is 13.5. The maximum atomic E-state index is 13.6. The number of ether oxygens (including phenoxy) is 4. The summed E-state index contributed by atoms with van der Waals surface area (Å²) in [5, 5.41) is 0. The monoisotopic (exact) mass is 588 g/mol. The van der Waals surface area contributed by atoms with Gasteiger partial charge < -0.3 is 23.8 Å². The number of fused-ring (bicyclic) bond motifs is 1. The van der Waals surface area contributed by atoms with E-state index in [2.05, 4.69) is 20.9 Å². The van der Waals surface area contributed by atoms with Crippen molar-refractivity contribution in [2.45, 2.75) is 10.9 Å². The van der Waals surface area contributed by atoms with E-state index in [9.17, 15) is 4.79 Å². The zero-order valence-electron chi connectivity index (χ0n) is 20.2. The molecule has 0 spiro atoms. The van der Waals surface area contributed by atoms with E-state index in [1.54, 1.807) is 56.8 Å². The predicted octanol–water partition coefficient (Wildman–Crippen LogP) is 6.42. The Kier molecular flexibility index (Phi) is 8.60. The molecule has 0 aliphatic heterocycles. The van der Waals surface area contributed by atoms with Crippen LogP contribution in [0.3, 0.4) is 0 Å². The van der Waals surface area contributed by atoms with Crippen LogP contribution < -0.4 is 23.8 Å². The van der Waals surface area contributed by atoms with E-state index in [0.717, 1.165) is 30.3 Å². The highest BCUT2D eigenvalue weighted by atomic mass is 79.9. The number of methoxy groups -OCH3 is 4. The number of hydrogen-bond donors (Lipinski definition) is 0. The quantitative estimate of drug-likeness (QED) is 0.198. The molecule has 4 aromatic rings. The van der Waals surface area contributed by atoms with E-state index in [-0.39, 0.29) is 11.7 Å². The molecule has 3 aromatic carbocycles. The van der Waals surface area contributed by atoms with Crippen LogP contribution in [0.4, 0.5) is 5.69 Å². The molecule has 0 N–H and O–H groups in total. The van der Waals surface area contributed by atoms with Crippen molar-refractivity contribution in [3.05, 3.63) is 64.6 Å². The average molecular weight is 590 g/mol. The number of thioether (sulfide) groups is 1. The number of amides is 1. The maximum Gasteiger partial charge on any atom is 0.237 e. The van der Waals surface area contributed by atoms with Crippen molar-refractivity contribution in [3.63, 3.8) is 0 Å². The number of nitrogens with zero attached hydrogens (tertiary/aromatic N) is 2. The summed E-state index contributed by atoms with van der Waals surface area (Å²) >= 11 is 6.54. The number of carbonyl (C=O) groups is 1. The SMILES string of the molecule is COc1ccc(CN(C(=O)CSc2nc3ccccc3s2)c2cc(OC)c(OC)c(OC)c2)cc1Br. The van der Waals surface area contributed by atoms with Gasteiger partial charge in [0, 0.05) is 12.1 Å². The van der Waals surface area contributed by atoms with Crippen LogP contribution in [0, 0.1) is 0 Å². The van der Waals surface area contributed by atoms with Crippen LogP contribution in [0.25, 0.3) is 10.2 Å². The largest absolute Gasteiger partial charge is 0.496 e. The summed E-state index contributed by atoms with van der Waals surface area (Å²) in [6, 6.07) is 17.2. The van der Waals surface area contributed by atoms with Gasteiger partial charge in [-0.2, -0.15) is 0 Å². The lowest BCUT2D eigenvalue weighted by Gasteiger charge is -2.25. The molecule has 0 aliphatic carbocycles. The average Bonchev–Trinajstić information content (AvgIpc) is 3.32. The number of para-hydroxylation sites is 1. The number of aromatic nitrogens is 1. The first-order chi connectivity index (χ1) is 17.5. The Morgan fingerprint density at radius 1 is 0.944 bits per heavy atom. The van der Waals surface area contributed by atoms with E-state index >= 15 is 0 Å². The van der Waals surface area contributed by atoms with Crippen molar-refractivity contribution in [1.29, 1.82) is 0 Å². The van der Waals surface area contributed by atoms with Crippen molar-refractivity contribution < 1.29 is 23.7 Å². The Morgan fingerprint density at radius 3 is 2.25 bits per heavy atom. The first kappa shape index (κ1) is 26.1. The van der Waals surface area contributed by atoms with E-state index in [0.29, 0.717) is 29.5 Å². The highest BCUT2D eigenvalue weighted by Crippen LogP contribution is 2.42. The molecule has 0 bridgehead atoms. The van der Waals surface area contributed by atoms with Gasteiger partial charge in [-0.15, -0.1) is 11.3 Å². The van der Waals surface area contributed by atoms with E-state index in [4.69, 9.17) is 18.9 Å². The predicted molar refractivity (Wildman–Crippen MR) is 148 cm³/mol. The number of anilines is 1. The summed E-state index contributed by atoms with van der Waals surface area (Å²) in [5.74, 6) is 2.26. The molecule has 1 amide bonds. The molecule has 36 heavy (non-hydrogen) atoms. The third-order valence-electron chi connectivity index (χ3n) is 5.41. The second-order valence-corrected chi connectivity index (χ2v) is 10.7. The fourth-order valence-electron chi connectivity index (χ4n) is 3.65. The van der Waals surface area contributed by atoms with E-state index < -0.39 is 0 Å². The summed E-state index contributed by atoms with van der Waals surface area (Å²) in [5.41, 5.74) is 2.49. The van der Waals surface area contributed by atoms with Crippen molar-refractivity contribution in [2.75, 3.05) is 39.1 Å². The van der Waals surface area contributed by atoms with Crippen molar-refractivity contribution >= 4 is 60.8 Å². The molecule has 0 unspecified atom stereocenters. The third kappa shape index (κ3) is 5.71. The Hall–Kier alpha value is -2.95. The van der Waals surface area contributed by atoms with Crippen LogP contribution in [0.15, 0.2) is 63.4 Å². The van der Waals surface area contributed by atoms with Crippen LogP contribution >= 0.6 is 39.0 Å². The zero-order valence-corrected chi connectivity index (χ0v) is 23.5. The third-order valence-corrected chi connectivity index (χ3v) is 8.20. The Bertz CT molecular complexity index is 1320. The molecule has 188 valence electrons. The summed E-state index contributed by atoms with van der Waals surface area (Å²) in [4.78, 5) is 20.0. The molecule has 0 aliphatic rings. The Morgan fingerprint density at radius 2 is 1.64 bits per heavy atom. The topological polar surface area (TPSA) is 70.1 Å². The maximum absolute atomic E-state index is 13.6.